The van der Waals surface area contributed by atoms with Gasteiger partial charge in [-0.3, -0.25) is 4.79 Å². The van der Waals surface area contributed by atoms with E-state index in [9.17, 15) is 9.59 Å². The van der Waals surface area contributed by atoms with Gasteiger partial charge in [0, 0.05) is 24.9 Å². The lowest BCUT2D eigenvalue weighted by molar-refractivity contribution is -0.131. The van der Waals surface area contributed by atoms with E-state index in [0.717, 1.165) is 37.1 Å². The molecule has 3 fully saturated rings. The van der Waals surface area contributed by atoms with Crippen molar-refractivity contribution in [3.8, 4) is 0 Å². The van der Waals surface area contributed by atoms with Gasteiger partial charge >= 0.3 is 6.03 Å². The highest BCUT2D eigenvalue weighted by Gasteiger charge is 2.53. The highest BCUT2D eigenvalue weighted by Crippen LogP contribution is 2.47. The highest BCUT2D eigenvalue weighted by molar-refractivity contribution is 5.79. The van der Waals surface area contributed by atoms with Gasteiger partial charge in [-0.05, 0) is 30.9 Å². The number of hydrogen-bond donors (Lipinski definition) is 2. The van der Waals surface area contributed by atoms with Crippen LogP contribution in [0.15, 0.2) is 24.3 Å². The average molecular weight is 343 g/mol. The molecule has 3 aliphatic heterocycles. The number of benzene rings is 1. The van der Waals surface area contributed by atoms with E-state index in [2.05, 4.69) is 5.32 Å². The summed E-state index contributed by atoms with van der Waals surface area (Å²) >= 11 is 0. The molecule has 0 radical (unpaired) electrons. The number of fused-ring (bicyclic) bond motifs is 5. The fraction of sp³-hybridized carbons (Fsp3) is 0.579. The summed E-state index contributed by atoms with van der Waals surface area (Å²) in [6.45, 7) is 3.54. The normalized spacial score (nSPS) is 31.0. The van der Waals surface area contributed by atoms with Crippen LogP contribution in [0.3, 0.4) is 0 Å². The third-order valence-electron chi connectivity index (χ3n) is 6.06. The lowest BCUT2D eigenvalue weighted by Gasteiger charge is -2.24. The second-order valence-electron chi connectivity index (χ2n) is 7.54. The second kappa shape index (κ2) is 6.33. The first kappa shape index (κ1) is 16.4. The van der Waals surface area contributed by atoms with E-state index in [1.807, 2.05) is 36.1 Å². The SMILES string of the molecule is Cc1ccccc1[C@H](CC(=O)N1C[C@H]2[C@H](C1)[C@H]1CC[C@H]2O1)NC(N)=O. The largest absolute Gasteiger partial charge is 0.374 e. The van der Waals surface area contributed by atoms with Crippen molar-refractivity contribution in [3.05, 3.63) is 35.4 Å². The summed E-state index contributed by atoms with van der Waals surface area (Å²) in [4.78, 5) is 26.3. The van der Waals surface area contributed by atoms with Gasteiger partial charge in [-0.15, -0.1) is 0 Å². The monoisotopic (exact) mass is 343 g/mol. The smallest absolute Gasteiger partial charge is 0.312 e. The Morgan fingerprint density at radius 1 is 1.24 bits per heavy atom. The number of carbonyl (C=O) groups is 2. The molecule has 25 heavy (non-hydrogen) atoms. The second-order valence-corrected chi connectivity index (χ2v) is 7.54. The van der Waals surface area contributed by atoms with Crippen molar-refractivity contribution in [3.63, 3.8) is 0 Å². The van der Waals surface area contributed by atoms with Crippen molar-refractivity contribution in [2.75, 3.05) is 13.1 Å². The van der Waals surface area contributed by atoms with Gasteiger partial charge in [0.1, 0.15) is 0 Å². The Hall–Kier alpha value is -2.08. The number of primary amides is 1. The molecule has 3 aliphatic rings. The minimum atomic E-state index is -0.606. The van der Waals surface area contributed by atoms with Gasteiger partial charge in [-0.2, -0.15) is 0 Å². The number of rotatable bonds is 4. The molecule has 4 rings (SSSR count). The Bertz CT molecular complexity index is 674. The molecule has 6 heteroatoms. The van der Waals surface area contributed by atoms with Gasteiger partial charge in [-0.1, -0.05) is 24.3 Å². The first-order valence-electron chi connectivity index (χ1n) is 9.07. The van der Waals surface area contributed by atoms with E-state index in [1.165, 1.54) is 0 Å². The molecule has 0 aromatic heterocycles. The molecule has 0 aliphatic carbocycles. The molecule has 0 unspecified atom stereocenters. The van der Waals surface area contributed by atoms with Crippen molar-refractivity contribution in [2.45, 2.75) is 44.4 Å². The first-order valence-corrected chi connectivity index (χ1v) is 9.07. The number of aryl methyl sites for hydroxylation is 1. The van der Waals surface area contributed by atoms with Crippen LogP contribution in [0, 0.1) is 18.8 Å². The Morgan fingerprint density at radius 3 is 2.48 bits per heavy atom. The van der Waals surface area contributed by atoms with Gasteiger partial charge in [0.25, 0.3) is 0 Å². The van der Waals surface area contributed by atoms with Crippen LogP contribution in [0.25, 0.3) is 0 Å². The number of nitrogens with one attached hydrogen (secondary N) is 1. The van der Waals surface area contributed by atoms with Gasteiger partial charge in [-0.25, -0.2) is 4.79 Å². The van der Waals surface area contributed by atoms with Crippen molar-refractivity contribution in [2.24, 2.45) is 17.6 Å². The fourth-order valence-corrected chi connectivity index (χ4v) is 4.86. The first-order chi connectivity index (χ1) is 12.0. The summed E-state index contributed by atoms with van der Waals surface area (Å²) in [5.74, 6) is 1.06. The zero-order chi connectivity index (χ0) is 17.6. The molecule has 1 aromatic rings. The average Bonchev–Trinajstić information content (AvgIpc) is 3.27. The van der Waals surface area contributed by atoms with E-state index >= 15 is 0 Å². The summed E-state index contributed by atoms with van der Waals surface area (Å²) < 4.78 is 5.97. The Balaban J connectivity index is 1.46. The van der Waals surface area contributed by atoms with Crippen LogP contribution in [0.4, 0.5) is 4.79 Å². The van der Waals surface area contributed by atoms with E-state index in [1.54, 1.807) is 0 Å². The topological polar surface area (TPSA) is 84.7 Å². The van der Waals surface area contributed by atoms with Crippen molar-refractivity contribution >= 4 is 11.9 Å². The van der Waals surface area contributed by atoms with Gasteiger partial charge in [0.15, 0.2) is 0 Å². The van der Waals surface area contributed by atoms with Crippen LogP contribution in [0.1, 0.15) is 36.4 Å². The summed E-state index contributed by atoms with van der Waals surface area (Å²) in [5, 5.41) is 2.74. The van der Waals surface area contributed by atoms with E-state index in [4.69, 9.17) is 10.5 Å². The predicted octanol–water partition coefficient (Wildman–Crippen LogP) is 1.73. The maximum atomic E-state index is 12.9. The number of likely N-dealkylation sites (tertiary alicyclic amines) is 1. The minimum Gasteiger partial charge on any atom is -0.374 e. The van der Waals surface area contributed by atoms with Crippen molar-refractivity contribution in [1.82, 2.24) is 10.2 Å². The Labute approximate surface area is 147 Å². The van der Waals surface area contributed by atoms with Crippen LogP contribution in [0.5, 0.6) is 0 Å². The Morgan fingerprint density at radius 2 is 1.88 bits per heavy atom. The molecular formula is C19H25N3O3. The van der Waals surface area contributed by atoms with Crippen LogP contribution in [0.2, 0.25) is 0 Å². The minimum absolute atomic E-state index is 0.0794. The molecule has 3 heterocycles. The quantitative estimate of drug-likeness (QED) is 0.873. The number of nitrogens with zero attached hydrogens (tertiary/aromatic N) is 1. The van der Waals surface area contributed by atoms with Crippen LogP contribution >= 0.6 is 0 Å². The van der Waals surface area contributed by atoms with Gasteiger partial charge in [0.2, 0.25) is 5.91 Å². The van der Waals surface area contributed by atoms with Crippen LogP contribution in [-0.4, -0.2) is 42.1 Å². The zero-order valence-corrected chi connectivity index (χ0v) is 14.5. The van der Waals surface area contributed by atoms with Crippen molar-refractivity contribution in [1.29, 1.82) is 0 Å². The lowest BCUT2D eigenvalue weighted by Crippen LogP contribution is -2.38. The number of hydrogen-bond acceptors (Lipinski definition) is 3. The number of amides is 3. The molecule has 1 aromatic carbocycles. The van der Waals surface area contributed by atoms with Gasteiger partial charge < -0.3 is 20.7 Å². The van der Waals surface area contributed by atoms with Crippen molar-refractivity contribution < 1.29 is 14.3 Å². The molecule has 2 bridgehead atoms. The molecular weight excluding hydrogens is 318 g/mol. The molecule has 3 saturated heterocycles. The van der Waals surface area contributed by atoms with E-state index < -0.39 is 6.03 Å². The molecule has 134 valence electrons. The molecule has 0 saturated carbocycles. The maximum Gasteiger partial charge on any atom is 0.312 e. The molecule has 3 N–H and O–H groups in total. The zero-order valence-electron chi connectivity index (χ0n) is 14.5. The summed E-state index contributed by atoms with van der Waals surface area (Å²) in [6.07, 6.45) is 3.17. The summed E-state index contributed by atoms with van der Waals surface area (Å²) in [6, 6.07) is 6.78. The number of urea groups is 1. The highest BCUT2D eigenvalue weighted by atomic mass is 16.5. The van der Waals surface area contributed by atoms with Gasteiger partial charge in [0.05, 0.1) is 24.7 Å². The number of carbonyl (C=O) groups excluding carboxylic acids is 2. The number of ether oxygens (including phenoxy) is 1. The van der Waals surface area contributed by atoms with Crippen LogP contribution < -0.4 is 11.1 Å². The predicted molar refractivity (Wildman–Crippen MR) is 92.7 cm³/mol. The van der Waals surface area contributed by atoms with E-state index in [0.29, 0.717) is 24.0 Å². The third-order valence-corrected chi connectivity index (χ3v) is 6.06. The molecule has 5 atom stereocenters. The molecule has 3 amide bonds. The maximum absolute atomic E-state index is 12.9. The fourth-order valence-electron chi connectivity index (χ4n) is 4.86. The van der Waals surface area contributed by atoms with E-state index in [-0.39, 0.29) is 18.4 Å². The lowest BCUT2D eigenvalue weighted by atomic mass is 9.82. The van der Waals surface area contributed by atoms with Crippen LogP contribution in [-0.2, 0) is 9.53 Å². The standard InChI is InChI=1S/C19H25N3O3/c1-11-4-2-3-5-12(11)15(21-19(20)24)8-18(23)22-9-13-14(10-22)17-7-6-16(13)25-17/h2-5,13-17H,6-10H2,1H3,(H3,20,21,24)/t13-,14-,15-,16+,17+/m0/s1. The number of nitrogens with two attached hydrogens (primary N) is 1. The third kappa shape index (κ3) is 2.99. The molecule has 0 spiro atoms. The molecule has 6 nitrogen and oxygen atoms in total. The summed E-state index contributed by atoms with van der Waals surface area (Å²) in [7, 11) is 0. The Kier molecular flexibility index (Phi) is 4.15. The summed E-state index contributed by atoms with van der Waals surface area (Å²) in [5.41, 5.74) is 7.32.